The number of likely N-dealkylation sites (tertiary alicyclic amines) is 2. The van der Waals surface area contributed by atoms with Crippen molar-refractivity contribution in [3.05, 3.63) is 149 Å². The second-order valence-corrected chi connectivity index (χ2v) is 19.4. The molecule has 2 fully saturated rings. The van der Waals surface area contributed by atoms with Gasteiger partial charge in [-0.25, -0.2) is 14.6 Å². The van der Waals surface area contributed by atoms with Gasteiger partial charge in [0.2, 0.25) is 5.91 Å². The topological polar surface area (TPSA) is 170 Å². The molecule has 0 radical (unpaired) electrons. The summed E-state index contributed by atoms with van der Waals surface area (Å²) in [6.07, 6.45) is 3.39. The lowest BCUT2D eigenvalue weighted by Crippen LogP contribution is -2.51. The molecular weight excluding hydrogens is 857 g/mol. The van der Waals surface area contributed by atoms with Gasteiger partial charge in [0.05, 0.1) is 29.7 Å². The number of carbonyl (C=O) groups is 4. The van der Waals surface area contributed by atoms with Gasteiger partial charge in [0.25, 0.3) is 5.91 Å². The zero-order valence-electron chi connectivity index (χ0n) is 39.5. The average Bonchev–Trinajstić information content (AvgIpc) is 4.16. The number of carbonyl (C=O) groups excluding carboxylic acids is 4. The van der Waals surface area contributed by atoms with Gasteiger partial charge in [0, 0.05) is 30.8 Å². The van der Waals surface area contributed by atoms with E-state index in [1.54, 1.807) is 52.6 Å². The maximum Gasteiger partial charge on any atom is 0.408 e. The smallest absolute Gasteiger partial charge is 0.408 e. The number of ether oxygens (including phenoxy) is 2. The highest BCUT2D eigenvalue weighted by Crippen LogP contribution is 2.34. The van der Waals surface area contributed by atoms with Crippen LogP contribution in [0, 0.1) is 11.8 Å². The molecule has 0 aliphatic carbocycles. The Hall–Kier alpha value is -7.24. The maximum absolute atomic E-state index is 14.2. The first-order valence-electron chi connectivity index (χ1n) is 23.4. The van der Waals surface area contributed by atoms with Crippen molar-refractivity contribution in [3.8, 4) is 23.1 Å². The lowest BCUT2D eigenvalue weighted by molar-refractivity contribution is -0.135. The summed E-state index contributed by atoms with van der Waals surface area (Å²) in [4.78, 5) is 70.9. The van der Waals surface area contributed by atoms with Gasteiger partial charge in [-0.1, -0.05) is 96.8 Å². The Kier molecular flexibility index (Phi) is 14.1. The van der Waals surface area contributed by atoms with E-state index in [0.717, 1.165) is 59.3 Å². The number of hydrogen-bond donors (Lipinski definition) is 4. The van der Waals surface area contributed by atoms with Crippen molar-refractivity contribution in [2.75, 3.05) is 19.6 Å². The minimum absolute atomic E-state index is 0.165. The predicted molar refractivity (Wildman–Crippen MR) is 260 cm³/mol. The largest absolute Gasteiger partial charge is 0.444 e. The number of imidazole rings is 1. The Balaban J connectivity index is 0.889. The third-order valence-electron chi connectivity index (χ3n) is 12.0. The molecular formula is C54H60N8O6. The van der Waals surface area contributed by atoms with Gasteiger partial charge in [0.1, 0.15) is 35.3 Å². The molecule has 0 saturated carbocycles. The molecule has 1 aromatic heterocycles. The molecule has 14 heteroatoms. The van der Waals surface area contributed by atoms with Crippen molar-refractivity contribution in [3.63, 3.8) is 0 Å². The number of rotatable bonds is 10. The van der Waals surface area contributed by atoms with E-state index in [9.17, 15) is 19.2 Å². The number of aromatic nitrogens is 2. The molecule has 3 aliphatic rings. The number of amides is 4. The van der Waals surface area contributed by atoms with Crippen LogP contribution in [0.3, 0.4) is 0 Å². The molecule has 4 N–H and O–H groups in total. The summed E-state index contributed by atoms with van der Waals surface area (Å²) in [5, 5.41) is 9.17. The van der Waals surface area contributed by atoms with Crippen LogP contribution in [0.5, 0.6) is 0 Å². The number of aliphatic imine (C=N–C) groups is 1. The average molecular weight is 917 g/mol. The summed E-state index contributed by atoms with van der Waals surface area (Å²) in [5.74, 6) is 6.84. The predicted octanol–water partition coefficient (Wildman–Crippen LogP) is 8.38. The summed E-state index contributed by atoms with van der Waals surface area (Å²) in [6.45, 7) is 12.4. The highest BCUT2D eigenvalue weighted by Gasteiger charge is 2.41. The first-order chi connectivity index (χ1) is 32.6. The Morgan fingerprint density at radius 2 is 1.16 bits per heavy atom. The molecule has 4 aromatic carbocycles. The van der Waals surface area contributed by atoms with Crippen molar-refractivity contribution in [1.29, 1.82) is 0 Å². The lowest BCUT2D eigenvalue weighted by atomic mass is 10.0. The van der Waals surface area contributed by atoms with Crippen LogP contribution in [0.1, 0.15) is 119 Å². The van der Waals surface area contributed by atoms with Gasteiger partial charge in [-0.15, -0.1) is 0 Å². The first kappa shape index (κ1) is 47.3. The molecule has 352 valence electrons. The van der Waals surface area contributed by atoms with Crippen molar-refractivity contribution < 1.29 is 28.7 Å². The van der Waals surface area contributed by atoms with Crippen LogP contribution in [0.25, 0.3) is 11.3 Å². The number of nitrogens with one attached hydrogen (secondary N) is 4. The van der Waals surface area contributed by atoms with E-state index in [0.29, 0.717) is 36.6 Å². The van der Waals surface area contributed by atoms with Crippen molar-refractivity contribution in [1.82, 2.24) is 35.7 Å². The normalized spacial score (nSPS) is 19.0. The van der Waals surface area contributed by atoms with E-state index in [2.05, 4.69) is 32.8 Å². The molecule has 0 spiro atoms. The highest BCUT2D eigenvalue weighted by molar-refractivity contribution is 6.03. The van der Waals surface area contributed by atoms with Gasteiger partial charge < -0.3 is 34.9 Å². The van der Waals surface area contributed by atoms with E-state index >= 15 is 0 Å². The SMILES string of the molecule is CC(C)(C)OC(=O)NC(C(=O)N1CCCC1c1ncc(-c2ccc(C#Cc3ccc(C4=NC(C5CCCN5C(=O)C(NC(=O)OC(C)(C)C)c5ccccc5)NC4)cc3)cc2)[nH]1)c1ccccc1. The van der Waals surface area contributed by atoms with Gasteiger partial charge in [-0.3, -0.25) is 19.9 Å². The molecule has 3 aliphatic heterocycles. The van der Waals surface area contributed by atoms with Gasteiger partial charge in [-0.2, -0.15) is 0 Å². The number of nitrogens with zero attached hydrogens (tertiary/aromatic N) is 4. The zero-order chi connectivity index (χ0) is 48.0. The quantitative estimate of drug-likeness (QED) is 0.101. The number of alkyl carbamates (subject to hydrolysis) is 2. The maximum atomic E-state index is 14.2. The molecule has 8 rings (SSSR count). The van der Waals surface area contributed by atoms with Gasteiger partial charge in [-0.05, 0) is 114 Å². The molecule has 5 aromatic rings. The minimum atomic E-state index is -0.911. The first-order valence-corrected chi connectivity index (χ1v) is 23.4. The number of hydrogen-bond acceptors (Lipinski definition) is 9. The van der Waals surface area contributed by atoms with Crippen LogP contribution < -0.4 is 16.0 Å². The van der Waals surface area contributed by atoms with Crippen molar-refractivity contribution in [2.45, 2.75) is 109 Å². The Morgan fingerprint density at radius 3 is 1.71 bits per heavy atom. The van der Waals surface area contributed by atoms with E-state index in [-0.39, 0.29) is 30.1 Å². The molecule has 4 heterocycles. The highest BCUT2D eigenvalue weighted by atomic mass is 16.6. The molecule has 0 bridgehead atoms. The third-order valence-corrected chi connectivity index (χ3v) is 12.0. The molecule has 68 heavy (non-hydrogen) atoms. The van der Waals surface area contributed by atoms with E-state index in [1.165, 1.54) is 0 Å². The van der Waals surface area contributed by atoms with Crippen molar-refractivity contribution >= 4 is 29.7 Å². The fraction of sp³-hybridized carbons (Fsp3) is 0.370. The van der Waals surface area contributed by atoms with Crippen LogP contribution in [0.15, 0.2) is 120 Å². The summed E-state index contributed by atoms with van der Waals surface area (Å²) in [6, 6.07) is 32.2. The molecule has 14 nitrogen and oxygen atoms in total. The fourth-order valence-corrected chi connectivity index (χ4v) is 8.89. The minimum Gasteiger partial charge on any atom is -0.444 e. The van der Waals surface area contributed by atoms with Gasteiger partial charge >= 0.3 is 12.2 Å². The molecule has 2 saturated heterocycles. The monoisotopic (exact) mass is 916 g/mol. The van der Waals surface area contributed by atoms with E-state index in [1.807, 2.05) is 114 Å². The van der Waals surface area contributed by atoms with Crippen LogP contribution >= 0.6 is 0 Å². The van der Waals surface area contributed by atoms with Crippen molar-refractivity contribution in [2.24, 2.45) is 4.99 Å². The number of aromatic amines is 1. The number of benzene rings is 4. The second kappa shape index (κ2) is 20.3. The Labute approximate surface area is 398 Å². The Bertz CT molecular complexity index is 2680. The molecule has 4 amide bonds. The Morgan fingerprint density at radius 1 is 0.662 bits per heavy atom. The number of H-pyrrole nitrogens is 1. The standard InChI is InChI=1S/C54H60N8O6/c1-53(2,3)67-51(65)59-45(39-15-9-7-10-16-39)49(63)61-31-13-19-43(61)47-55-33-41(57-47)37-27-23-35(24-28-37)21-22-36-25-29-38(30-26-36)42-34-56-48(58-42)44-20-14-32-62(44)50(64)46(40-17-11-8-12-18-40)60-52(66)68-54(4,5)6/h7-12,15-18,23-30,33,43-46,48,56H,13-14,19-20,31-32,34H2,1-6H3,(H,55,57)(H,59,65)(H,60,66). The lowest BCUT2D eigenvalue weighted by Gasteiger charge is -2.32. The van der Waals surface area contributed by atoms with Crippen LogP contribution in [-0.4, -0.2) is 92.5 Å². The third kappa shape index (κ3) is 11.6. The summed E-state index contributed by atoms with van der Waals surface area (Å²) in [7, 11) is 0. The second-order valence-electron chi connectivity index (χ2n) is 19.4. The molecule has 5 atom stereocenters. The zero-order valence-corrected chi connectivity index (χ0v) is 39.5. The van der Waals surface area contributed by atoms with E-state index in [4.69, 9.17) is 19.5 Å². The van der Waals surface area contributed by atoms with Crippen LogP contribution in [0.4, 0.5) is 9.59 Å². The van der Waals surface area contributed by atoms with Crippen LogP contribution in [0.2, 0.25) is 0 Å². The fourth-order valence-electron chi connectivity index (χ4n) is 8.89. The molecule has 5 unspecified atom stereocenters. The van der Waals surface area contributed by atoms with Gasteiger partial charge in [0.15, 0.2) is 0 Å². The van der Waals surface area contributed by atoms with Crippen LogP contribution in [-0.2, 0) is 19.1 Å². The summed E-state index contributed by atoms with van der Waals surface area (Å²) in [5.41, 5.74) is 5.33. The van der Waals surface area contributed by atoms with E-state index < -0.39 is 35.5 Å². The summed E-state index contributed by atoms with van der Waals surface area (Å²) < 4.78 is 11.0. The summed E-state index contributed by atoms with van der Waals surface area (Å²) >= 11 is 0.